The van der Waals surface area contributed by atoms with Gasteiger partial charge in [-0.1, -0.05) is 25.5 Å². The van der Waals surface area contributed by atoms with E-state index >= 15 is 0 Å². The van der Waals surface area contributed by atoms with Crippen molar-refractivity contribution in [3.63, 3.8) is 0 Å². The van der Waals surface area contributed by atoms with Crippen LogP contribution in [0.2, 0.25) is 0 Å². The zero-order chi connectivity index (χ0) is 14.3. The summed E-state index contributed by atoms with van der Waals surface area (Å²) in [7, 11) is 0. The molecule has 0 saturated carbocycles. The van der Waals surface area contributed by atoms with Gasteiger partial charge in [0, 0.05) is 6.54 Å². The molecule has 1 amide bonds. The summed E-state index contributed by atoms with van der Waals surface area (Å²) >= 11 is 0. The van der Waals surface area contributed by atoms with Crippen LogP contribution in [0.25, 0.3) is 0 Å². The van der Waals surface area contributed by atoms with E-state index in [0.717, 1.165) is 19.3 Å². The number of benzene rings is 1. The number of para-hydroxylation sites is 1. The van der Waals surface area contributed by atoms with E-state index in [-0.39, 0.29) is 11.7 Å². The van der Waals surface area contributed by atoms with Crippen LogP contribution >= 0.6 is 0 Å². The molecule has 1 atom stereocenters. The number of carbonyl (C=O) groups excluding carboxylic acids is 1. The van der Waals surface area contributed by atoms with Gasteiger partial charge in [-0.3, -0.25) is 4.79 Å². The van der Waals surface area contributed by atoms with Crippen molar-refractivity contribution in [3.8, 4) is 5.75 Å². The van der Waals surface area contributed by atoms with Crippen LogP contribution < -0.4 is 11.1 Å². The molecule has 1 aromatic carbocycles. The molecule has 0 bridgehead atoms. The molecule has 4 nitrogen and oxygen atoms in total. The Morgan fingerprint density at radius 2 is 2.16 bits per heavy atom. The number of phenolic OH excluding ortho intramolecular Hbond substituents is 1. The molecule has 0 spiro atoms. The summed E-state index contributed by atoms with van der Waals surface area (Å²) in [6.07, 6.45) is 3.04. The predicted octanol–water partition coefficient (Wildman–Crippen LogP) is 2.20. The number of aromatic hydroxyl groups is 1. The predicted molar refractivity (Wildman–Crippen MR) is 77.2 cm³/mol. The average Bonchev–Trinajstić information content (AvgIpc) is 2.39. The zero-order valence-electron chi connectivity index (χ0n) is 11.8. The summed E-state index contributed by atoms with van der Waals surface area (Å²) in [6, 6.07) is 5.18. The summed E-state index contributed by atoms with van der Waals surface area (Å²) < 4.78 is 0. The lowest BCUT2D eigenvalue weighted by atomic mass is 9.99. The summed E-state index contributed by atoms with van der Waals surface area (Å²) in [5, 5.41) is 12.7. The standard InChI is InChI=1S/C15H24N2O2/c1-3-5-12(8-9-16)10-17-15(19)13-7-4-6-11(2)14(13)18/h4,6-7,12,18H,3,5,8-10,16H2,1-2H3,(H,17,19). The minimum Gasteiger partial charge on any atom is -0.507 e. The normalized spacial score (nSPS) is 12.2. The highest BCUT2D eigenvalue weighted by Crippen LogP contribution is 2.21. The lowest BCUT2D eigenvalue weighted by molar-refractivity contribution is 0.0943. The molecule has 0 aliphatic rings. The molecular formula is C15H24N2O2. The minimum absolute atomic E-state index is 0.0610. The highest BCUT2D eigenvalue weighted by Gasteiger charge is 2.14. The summed E-state index contributed by atoms with van der Waals surface area (Å²) in [4.78, 5) is 12.0. The van der Waals surface area contributed by atoms with Crippen molar-refractivity contribution in [2.24, 2.45) is 11.7 Å². The molecular weight excluding hydrogens is 240 g/mol. The fourth-order valence-corrected chi connectivity index (χ4v) is 2.17. The van der Waals surface area contributed by atoms with Crippen LogP contribution in [0.3, 0.4) is 0 Å². The van der Waals surface area contributed by atoms with Gasteiger partial charge >= 0.3 is 0 Å². The minimum atomic E-state index is -0.223. The lowest BCUT2D eigenvalue weighted by Crippen LogP contribution is -2.30. The molecule has 106 valence electrons. The van der Waals surface area contributed by atoms with Crippen LogP contribution in [-0.4, -0.2) is 24.1 Å². The maximum Gasteiger partial charge on any atom is 0.255 e. The Bertz CT molecular complexity index is 413. The van der Waals surface area contributed by atoms with Gasteiger partial charge < -0.3 is 16.2 Å². The summed E-state index contributed by atoms with van der Waals surface area (Å²) in [5.74, 6) is 0.246. The lowest BCUT2D eigenvalue weighted by Gasteiger charge is -2.16. The van der Waals surface area contributed by atoms with Crippen LogP contribution in [0.4, 0.5) is 0 Å². The van der Waals surface area contributed by atoms with Gasteiger partial charge in [0.15, 0.2) is 0 Å². The molecule has 0 saturated heterocycles. The van der Waals surface area contributed by atoms with E-state index in [9.17, 15) is 9.90 Å². The highest BCUT2D eigenvalue weighted by molar-refractivity contribution is 5.97. The monoisotopic (exact) mass is 264 g/mol. The topological polar surface area (TPSA) is 75.3 Å². The first-order valence-corrected chi connectivity index (χ1v) is 6.87. The number of hydrogen-bond donors (Lipinski definition) is 3. The highest BCUT2D eigenvalue weighted by atomic mass is 16.3. The number of carbonyl (C=O) groups is 1. The average molecular weight is 264 g/mol. The Balaban J connectivity index is 2.61. The van der Waals surface area contributed by atoms with Crippen molar-refractivity contribution < 1.29 is 9.90 Å². The van der Waals surface area contributed by atoms with Crippen molar-refractivity contribution in [2.75, 3.05) is 13.1 Å². The Kier molecular flexibility index (Phi) is 6.36. The molecule has 19 heavy (non-hydrogen) atoms. The number of hydrogen-bond acceptors (Lipinski definition) is 3. The van der Waals surface area contributed by atoms with Crippen molar-refractivity contribution in [1.29, 1.82) is 0 Å². The van der Waals surface area contributed by atoms with Gasteiger partial charge in [0.1, 0.15) is 5.75 Å². The number of nitrogens with one attached hydrogen (secondary N) is 1. The first-order chi connectivity index (χ1) is 9.10. The van der Waals surface area contributed by atoms with Crippen LogP contribution in [0.1, 0.15) is 42.1 Å². The molecule has 0 aliphatic carbocycles. The largest absolute Gasteiger partial charge is 0.507 e. The zero-order valence-corrected chi connectivity index (χ0v) is 11.8. The first-order valence-electron chi connectivity index (χ1n) is 6.87. The van der Waals surface area contributed by atoms with E-state index in [1.54, 1.807) is 25.1 Å². The van der Waals surface area contributed by atoms with Crippen LogP contribution in [0.5, 0.6) is 5.75 Å². The fourth-order valence-electron chi connectivity index (χ4n) is 2.17. The smallest absolute Gasteiger partial charge is 0.255 e. The van der Waals surface area contributed by atoms with E-state index in [1.165, 1.54) is 0 Å². The molecule has 0 radical (unpaired) electrons. The van der Waals surface area contributed by atoms with E-state index in [1.807, 2.05) is 0 Å². The second-order valence-corrected chi connectivity index (χ2v) is 4.91. The van der Waals surface area contributed by atoms with E-state index in [4.69, 9.17) is 5.73 Å². The summed E-state index contributed by atoms with van der Waals surface area (Å²) in [6.45, 7) is 5.14. The van der Waals surface area contributed by atoms with Gasteiger partial charge in [-0.25, -0.2) is 0 Å². The van der Waals surface area contributed by atoms with Crippen molar-refractivity contribution in [1.82, 2.24) is 5.32 Å². The first kappa shape index (κ1) is 15.5. The molecule has 1 aromatic rings. The van der Waals surface area contributed by atoms with Crippen molar-refractivity contribution >= 4 is 5.91 Å². The Morgan fingerprint density at radius 3 is 2.79 bits per heavy atom. The Hall–Kier alpha value is -1.55. The van der Waals surface area contributed by atoms with E-state index in [0.29, 0.717) is 30.1 Å². The number of nitrogens with two attached hydrogens (primary N) is 1. The van der Waals surface area contributed by atoms with E-state index in [2.05, 4.69) is 12.2 Å². The third kappa shape index (κ3) is 4.56. The second kappa shape index (κ2) is 7.79. The van der Waals surface area contributed by atoms with Crippen LogP contribution in [0, 0.1) is 12.8 Å². The molecule has 0 heterocycles. The quantitative estimate of drug-likeness (QED) is 0.706. The molecule has 1 rings (SSSR count). The third-order valence-electron chi connectivity index (χ3n) is 3.31. The molecule has 4 N–H and O–H groups in total. The van der Waals surface area contributed by atoms with Crippen LogP contribution in [-0.2, 0) is 0 Å². The molecule has 4 heteroatoms. The maximum atomic E-state index is 12.0. The Morgan fingerprint density at radius 1 is 1.42 bits per heavy atom. The van der Waals surface area contributed by atoms with Gasteiger partial charge in [-0.2, -0.15) is 0 Å². The maximum absolute atomic E-state index is 12.0. The Labute approximate surface area is 115 Å². The fraction of sp³-hybridized carbons (Fsp3) is 0.533. The van der Waals surface area contributed by atoms with Crippen LogP contribution in [0.15, 0.2) is 18.2 Å². The molecule has 1 unspecified atom stereocenters. The van der Waals surface area contributed by atoms with Crippen molar-refractivity contribution in [3.05, 3.63) is 29.3 Å². The number of aryl methyl sites for hydroxylation is 1. The molecule has 0 aliphatic heterocycles. The number of rotatable bonds is 7. The SMILES string of the molecule is CCCC(CCN)CNC(=O)c1cccc(C)c1O. The van der Waals surface area contributed by atoms with Crippen molar-refractivity contribution in [2.45, 2.75) is 33.1 Å². The second-order valence-electron chi connectivity index (χ2n) is 4.91. The number of phenols is 1. The molecule has 0 aromatic heterocycles. The molecule has 0 fully saturated rings. The van der Waals surface area contributed by atoms with Gasteiger partial charge in [-0.15, -0.1) is 0 Å². The van der Waals surface area contributed by atoms with Gasteiger partial charge in [0.25, 0.3) is 5.91 Å². The third-order valence-corrected chi connectivity index (χ3v) is 3.31. The number of amides is 1. The van der Waals surface area contributed by atoms with Gasteiger partial charge in [0.05, 0.1) is 5.56 Å². The summed E-state index contributed by atoms with van der Waals surface area (Å²) in [5.41, 5.74) is 6.61. The van der Waals surface area contributed by atoms with Gasteiger partial charge in [0.2, 0.25) is 0 Å². The van der Waals surface area contributed by atoms with Gasteiger partial charge in [-0.05, 0) is 43.9 Å². The van der Waals surface area contributed by atoms with E-state index < -0.39 is 0 Å².